The predicted molar refractivity (Wildman–Crippen MR) is 79.9 cm³/mol. The van der Waals surface area contributed by atoms with Crippen molar-refractivity contribution in [1.82, 2.24) is 19.5 Å². The molecule has 3 aromatic rings. The minimum atomic E-state index is -0.161. The Bertz CT molecular complexity index is 734. The summed E-state index contributed by atoms with van der Waals surface area (Å²) < 4.78 is 2.07. The zero-order valence-electron chi connectivity index (χ0n) is 11.4. The van der Waals surface area contributed by atoms with Crippen molar-refractivity contribution >= 4 is 22.8 Å². The average Bonchev–Trinajstić information content (AvgIpc) is 2.78. The summed E-state index contributed by atoms with van der Waals surface area (Å²) in [6.07, 6.45) is 5.43. The maximum absolute atomic E-state index is 6.26. The number of halogens is 1. The fraction of sp³-hybridized carbons (Fsp3) is 0.267. The molecule has 0 spiro atoms. The van der Waals surface area contributed by atoms with E-state index >= 15 is 0 Å². The molecule has 1 atom stereocenters. The number of hydrogen-bond acceptors (Lipinski definition) is 3. The smallest absolute Gasteiger partial charge is 0.160 e. The molecule has 0 radical (unpaired) electrons. The number of alkyl halides is 1. The van der Waals surface area contributed by atoms with Crippen molar-refractivity contribution < 1.29 is 0 Å². The van der Waals surface area contributed by atoms with E-state index in [1.165, 1.54) is 0 Å². The van der Waals surface area contributed by atoms with Gasteiger partial charge in [-0.1, -0.05) is 0 Å². The number of fused-ring (bicyclic) bond motifs is 1. The maximum Gasteiger partial charge on any atom is 0.160 e. The topological polar surface area (TPSA) is 43.6 Å². The van der Waals surface area contributed by atoms with Gasteiger partial charge in [0.15, 0.2) is 5.65 Å². The SMILES string of the molecule is Cc1cnc2c(c1)nc(C(C)Cl)n2Cc1ccncc1. The van der Waals surface area contributed by atoms with Gasteiger partial charge in [0.05, 0.1) is 11.9 Å². The van der Waals surface area contributed by atoms with Gasteiger partial charge < -0.3 is 4.57 Å². The maximum atomic E-state index is 6.26. The zero-order chi connectivity index (χ0) is 14.1. The standard InChI is InChI=1S/C15H15ClN4/c1-10-7-13-15(18-8-10)20(14(19-13)11(2)16)9-12-3-5-17-6-4-12/h3-8,11H,9H2,1-2H3. The van der Waals surface area contributed by atoms with Gasteiger partial charge in [0.2, 0.25) is 0 Å². The van der Waals surface area contributed by atoms with Crippen LogP contribution in [-0.4, -0.2) is 19.5 Å². The van der Waals surface area contributed by atoms with Gasteiger partial charge in [-0.2, -0.15) is 0 Å². The van der Waals surface area contributed by atoms with Crippen molar-refractivity contribution in [3.8, 4) is 0 Å². The van der Waals surface area contributed by atoms with Crippen LogP contribution in [0.4, 0.5) is 0 Å². The molecule has 5 heteroatoms. The zero-order valence-corrected chi connectivity index (χ0v) is 12.2. The lowest BCUT2D eigenvalue weighted by Gasteiger charge is -2.09. The van der Waals surface area contributed by atoms with Crippen LogP contribution in [0.25, 0.3) is 11.2 Å². The molecular weight excluding hydrogens is 272 g/mol. The molecule has 3 aromatic heterocycles. The fourth-order valence-electron chi connectivity index (χ4n) is 2.26. The van der Waals surface area contributed by atoms with Crippen LogP contribution in [0.15, 0.2) is 36.8 Å². The van der Waals surface area contributed by atoms with Gasteiger partial charge in [-0.3, -0.25) is 4.98 Å². The van der Waals surface area contributed by atoms with Gasteiger partial charge in [0, 0.05) is 18.6 Å². The van der Waals surface area contributed by atoms with E-state index in [1.807, 2.05) is 38.2 Å². The van der Waals surface area contributed by atoms with E-state index in [0.29, 0.717) is 6.54 Å². The monoisotopic (exact) mass is 286 g/mol. The van der Waals surface area contributed by atoms with Gasteiger partial charge in [-0.25, -0.2) is 9.97 Å². The van der Waals surface area contributed by atoms with Crippen LogP contribution < -0.4 is 0 Å². The van der Waals surface area contributed by atoms with Crippen LogP contribution in [0.3, 0.4) is 0 Å². The van der Waals surface area contributed by atoms with Crippen molar-refractivity contribution in [1.29, 1.82) is 0 Å². The Labute approximate surface area is 122 Å². The first-order valence-electron chi connectivity index (χ1n) is 6.51. The predicted octanol–water partition coefficient (Wildman–Crippen LogP) is 3.48. The second-order valence-corrected chi connectivity index (χ2v) is 5.54. The molecule has 4 nitrogen and oxygen atoms in total. The second-order valence-electron chi connectivity index (χ2n) is 4.88. The average molecular weight is 287 g/mol. The first-order chi connectivity index (χ1) is 9.65. The summed E-state index contributed by atoms with van der Waals surface area (Å²) in [7, 11) is 0. The van der Waals surface area contributed by atoms with Crippen LogP contribution in [0, 0.1) is 6.92 Å². The van der Waals surface area contributed by atoms with E-state index in [4.69, 9.17) is 11.6 Å². The van der Waals surface area contributed by atoms with Crippen LogP contribution in [0.5, 0.6) is 0 Å². The largest absolute Gasteiger partial charge is 0.307 e. The molecule has 1 unspecified atom stereocenters. The van der Waals surface area contributed by atoms with Gasteiger partial charge in [-0.05, 0) is 43.2 Å². The lowest BCUT2D eigenvalue weighted by atomic mass is 10.2. The van der Waals surface area contributed by atoms with Gasteiger partial charge in [0.25, 0.3) is 0 Å². The fourth-order valence-corrected chi connectivity index (χ4v) is 2.43. The molecule has 0 aliphatic carbocycles. The lowest BCUT2D eigenvalue weighted by Crippen LogP contribution is -2.06. The van der Waals surface area contributed by atoms with E-state index in [2.05, 4.69) is 19.5 Å². The number of aromatic nitrogens is 4. The summed E-state index contributed by atoms with van der Waals surface area (Å²) in [6.45, 7) is 4.64. The molecule has 102 valence electrons. The Morgan fingerprint density at radius 3 is 2.75 bits per heavy atom. The molecule has 0 amide bonds. The number of hydrogen-bond donors (Lipinski definition) is 0. The molecule has 0 saturated carbocycles. The summed E-state index contributed by atoms with van der Waals surface area (Å²) in [6, 6.07) is 6.01. The molecule has 0 aliphatic rings. The highest BCUT2D eigenvalue weighted by Crippen LogP contribution is 2.24. The molecule has 3 rings (SSSR count). The van der Waals surface area contributed by atoms with E-state index in [9.17, 15) is 0 Å². The molecule has 0 bridgehead atoms. The summed E-state index contributed by atoms with van der Waals surface area (Å²) in [5.41, 5.74) is 4.01. The van der Waals surface area contributed by atoms with Crippen LogP contribution in [0.2, 0.25) is 0 Å². The highest BCUT2D eigenvalue weighted by Gasteiger charge is 2.16. The first kappa shape index (κ1) is 13.1. The number of pyridine rings is 2. The van der Waals surface area contributed by atoms with Gasteiger partial charge in [0.1, 0.15) is 11.3 Å². The van der Waals surface area contributed by atoms with E-state index < -0.39 is 0 Å². The molecule has 20 heavy (non-hydrogen) atoms. The number of nitrogens with zero attached hydrogens (tertiary/aromatic N) is 4. The molecular formula is C15H15ClN4. The summed E-state index contributed by atoms with van der Waals surface area (Å²) in [5.74, 6) is 0.844. The molecule has 3 heterocycles. The van der Waals surface area contributed by atoms with E-state index in [1.54, 1.807) is 12.4 Å². The number of imidazole rings is 1. The summed E-state index contributed by atoms with van der Waals surface area (Å²) in [4.78, 5) is 13.2. The van der Waals surface area contributed by atoms with Crippen molar-refractivity contribution in [2.45, 2.75) is 25.8 Å². The minimum absolute atomic E-state index is 0.161. The molecule has 0 aliphatic heterocycles. The summed E-state index contributed by atoms with van der Waals surface area (Å²) >= 11 is 6.26. The molecule has 0 N–H and O–H groups in total. The second kappa shape index (κ2) is 5.21. The van der Waals surface area contributed by atoms with Crippen molar-refractivity contribution in [2.75, 3.05) is 0 Å². The third kappa shape index (κ3) is 2.39. The van der Waals surface area contributed by atoms with E-state index in [-0.39, 0.29) is 5.38 Å². The Morgan fingerprint density at radius 1 is 1.30 bits per heavy atom. The van der Waals surface area contributed by atoms with Crippen LogP contribution in [0.1, 0.15) is 29.3 Å². The third-order valence-corrected chi connectivity index (χ3v) is 3.39. The Morgan fingerprint density at radius 2 is 2.05 bits per heavy atom. The highest BCUT2D eigenvalue weighted by molar-refractivity contribution is 6.20. The van der Waals surface area contributed by atoms with Gasteiger partial charge >= 0.3 is 0 Å². The van der Waals surface area contributed by atoms with Crippen molar-refractivity contribution in [3.05, 3.63) is 53.7 Å². The van der Waals surface area contributed by atoms with Crippen LogP contribution in [-0.2, 0) is 6.54 Å². The molecule has 0 fully saturated rings. The Hall–Kier alpha value is -1.94. The number of aryl methyl sites for hydroxylation is 1. The lowest BCUT2D eigenvalue weighted by molar-refractivity contribution is 0.735. The van der Waals surface area contributed by atoms with E-state index in [0.717, 1.165) is 28.1 Å². The highest BCUT2D eigenvalue weighted by atomic mass is 35.5. The quantitative estimate of drug-likeness (QED) is 0.692. The number of rotatable bonds is 3. The van der Waals surface area contributed by atoms with Crippen LogP contribution >= 0.6 is 11.6 Å². The van der Waals surface area contributed by atoms with Crippen molar-refractivity contribution in [3.63, 3.8) is 0 Å². The Kier molecular flexibility index (Phi) is 3.40. The molecule has 0 saturated heterocycles. The Balaban J connectivity index is 2.14. The normalized spacial score (nSPS) is 12.8. The molecule has 0 aromatic carbocycles. The minimum Gasteiger partial charge on any atom is -0.307 e. The third-order valence-electron chi connectivity index (χ3n) is 3.20. The summed E-state index contributed by atoms with van der Waals surface area (Å²) in [5, 5.41) is -0.161. The van der Waals surface area contributed by atoms with Crippen molar-refractivity contribution in [2.24, 2.45) is 0 Å². The first-order valence-corrected chi connectivity index (χ1v) is 6.94. The van der Waals surface area contributed by atoms with Gasteiger partial charge in [-0.15, -0.1) is 11.6 Å².